The lowest BCUT2D eigenvalue weighted by Gasteiger charge is -2.17. The van der Waals surface area contributed by atoms with E-state index >= 15 is 0 Å². The van der Waals surface area contributed by atoms with Crippen molar-refractivity contribution in [2.24, 2.45) is 10.2 Å². The molecule has 0 N–H and O–H groups in total. The molecule has 0 radical (unpaired) electrons. The maximum atomic E-state index is 4.79. The fourth-order valence-corrected chi connectivity index (χ4v) is 2.86. The first kappa shape index (κ1) is 11.7. The van der Waals surface area contributed by atoms with Gasteiger partial charge in [-0.25, -0.2) is 9.26 Å². The average molecular weight is 274 g/mol. The van der Waals surface area contributed by atoms with Crippen LogP contribution in [0, 0.1) is 0 Å². The summed E-state index contributed by atoms with van der Waals surface area (Å²) in [4.78, 5) is 0. The van der Waals surface area contributed by atoms with Gasteiger partial charge in [-0.05, 0) is 38.5 Å². The zero-order valence-electron chi connectivity index (χ0n) is 10.9. The molecule has 104 valence electrons. The van der Waals surface area contributed by atoms with Crippen molar-refractivity contribution in [2.75, 3.05) is 0 Å². The molecular formula is C12H14N6O2. The summed E-state index contributed by atoms with van der Waals surface area (Å²) in [7, 11) is 0. The molecule has 20 heavy (non-hydrogen) atoms. The van der Waals surface area contributed by atoms with Crippen LogP contribution in [-0.2, 0) is 12.8 Å². The third kappa shape index (κ3) is 1.91. The maximum Gasteiger partial charge on any atom is 0.134 e. The van der Waals surface area contributed by atoms with Crippen LogP contribution in [0.5, 0.6) is 0 Å². The van der Waals surface area contributed by atoms with Crippen LogP contribution in [0.2, 0.25) is 0 Å². The van der Waals surface area contributed by atoms with E-state index in [1.54, 1.807) is 0 Å². The first-order chi connectivity index (χ1) is 9.92. The number of hydrogen-bond donors (Lipinski definition) is 0. The van der Waals surface area contributed by atoms with Crippen LogP contribution in [0.25, 0.3) is 0 Å². The Labute approximate surface area is 114 Å². The van der Waals surface area contributed by atoms with E-state index in [0.29, 0.717) is 0 Å². The second-order valence-corrected chi connectivity index (χ2v) is 5.24. The molecule has 0 saturated heterocycles. The second kappa shape index (κ2) is 4.77. The molecule has 8 heteroatoms. The van der Waals surface area contributed by atoms with E-state index in [4.69, 9.17) is 9.26 Å². The molecular weight excluding hydrogens is 260 g/mol. The molecule has 2 unspecified atom stereocenters. The van der Waals surface area contributed by atoms with Crippen molar-refractivity contribution < 1.29 is 9.26 Å². The predicted molar refractivity (Wildman–Crippen MR) is 64.8 cm³/mol. The van der Waals surface area contributed by atoms with Gasteiger partial charge in [0.1, 0.15) is 34.9 Å². The molecule has 0 aliphatic heterocycles. The molecule has 4 rings (SSSR count). The van der Waals surface area contributed by atoms with E-state index in [9.17, 15) is 0 Å². The maximum absolute atomic E-state index is 4.79. The normalized spacial score (nSPS) is 25.6. The van der Waals surface area contributed by atoms with Crippen LogP contribution in [0.1, 0.15) is 60.5 Å². The fraction of sp³-hybridized carbons (Fsp3) is 0.667. The number of nitrogens with zero attached hydrogens (tertiary/aromatic N) is 6. The molecule has 0 spiro atoms. The van der Waals surface area contributed by atoms with Gasteiger partial charge in [0, 0.05) is 0 Å². The van der Waals surface area contributed by atoms with E-state index in [2.05, 4.69) is 30.9 Å². The molecule has 2 heterocycles. The summed E-state index contributed by atoms with van der Waals surface area (Å²) >= 11 is 0. The Kier molecular flexibility index (Phi) is 2.79. The summed E-state index contributed by atoms with van der Waals surface area (Å²) in [5.41, 5.74) is 3.48. The van der Waals surface area contributed by atoms with Gasteiger partial charge in [-0.1, -0.05) is 20.6 Å². The van der Waals surface area contributed by atoms with E-state index in [0.717, 1.165) is 61.3 Å². The van der Waals surface area contributed by atoms with Crippen LogP contribution in [0.3, 0.4) is 0 Å². The summed E-state index contributed by atoms with van der Waals surface area (Å²) in [5, 5.41) is 24.6. The Morgan fingerprint density at radius 1 is 0.750 bits per heavy atom. The van der Waals surface area contributed by atoms with Crippen LogP contribution in [0.15, 0.2) is 19.5 Å². The van der Waals surface area contributed by atoms with Crippen LogP contribution in [0.4, 0.5) is 0 Å². The van der Waals surface area contributed by atoms with Crippen molar-refractivity contribution >= 4 is 0 Å². The second-order valence-electron chi connectivity index (χ2n) is 5.24. The molecule has 0 amide bonds. The highest BCUT2D eigenvalue weighted by Crippen LogP contribution is 2.34. The molecule has 8 nitrogen and oxygen atoms in total. The van der Waals surface area contributed by atoms with Gasteiger partial charge in [0.15, 0.2) is 0 Å². The minimum Gasteiger partial charge on any atom is -0.244 e. The van der Waals surface area contributed by atoms with Gasteiger partial charge in [-0.2, -0.15) is 10.2 Å². The summed E-state index contributed by atoms with van der Waals surface area (Å²) in [6, 6.07) is -0.0922. The molecule has 0 bridgehead atoms. The Morgan fingerprint density at radius 2 is 1.25 bits per heavy atom. The topological polar surface area (TPSA) is 103 Å². The summed E-state index contributed by atoms with van der Waals surface area (Å²) < 4.78 is 9.59. The number of aryl methyl sites for hydroxylation is 2. The van der Waals surface area contributed by atoms with Crippen molar-refractivity contribution in [3.05, 3.63) is 22.8 Å². The van der Waals surface area contributed by atoms with Gasteiger partial charge in [-0.15, -0.1) is 0 Å². The van der Waals surface area contributed by atoms with Crippen molar-refractivity contribution in [1.82, 2.24) is 20.6 Å². The minimum atomic E-state index is -0.0461. The standard InChI is InChI=1S/C12H14N6O2/c1-3-7(11-9(5-1)15-19-17-11)13-14-8-4-2-6-10-12(8)18-20-16-10/h7-8H,1-6H2. The lowest BCUT2D eigenvalue weighted by Crippen LogP contribution is -2.10. The number of azo groups is 1. The third-order valence-corrected chi connectivity index (χ3v) is 3.93. The molecule has 2 aromatic heterocycles. The largest absolute Gasteiger partial charge is 0.244 e. The van der Waals surface area contributed by atoms with Gasteiger partial charge in [-0.3, -0.25) is 0 Å². The first-order valence-electron chi connectivity index (χ1n) is 6.94. The van der Waals surface area contributed by atoms with Gasteiger partial charge >= 0.3 is 0 Å². The van der Waals surface area contributed by atoms with Crippen molar-refractivity contribution in [2.45, 2.75) is 50.6 Å². The Balaban J connectivity index is 1.57. The van der Waals surface area contributed by atoms with Crippen molar-refractivity contribution in [3.8, 4) is 0 Å². The summed E-state index contributed by atoms with van der Waals surface area (Å²) in [6.45, 7) is 0. The molecule has 2 aliphatic rings. The minimum absolute atomic E-state index is 0.0461. The smallest absolute Gasteiger partial charge is 0.134 e. The van der Waals surface area contributed by atoms with E-state index < -0.39 is 0 Å². The summed E-state index contributed by atoms with van der Waals surface area (Å²) in [5.74, 6) is 0. The SMILES string of the molecule is C1Cc2nonc2C(N=NC2CCCc3nonc32)C1. The molecule has 0 aromatic carbocycles. The van der Waals surface area contributed by atoms with Gasteiger partial charge in [0.25, 0.3) is 0 Å². The molecule has 2 aliphatic carbocycles. The first-order valence-corrected chi connectivity index (χ1v) is 6.94. The van der Waals surface area contributed by atoms with Gasteiger partial charge in [0.05, 0.1) is 0 Å². The van der Waals surface area contributed by atoms with Crippen LogP contribution >= 0.6 is 0 Å². The van der Waals surface area contributed by atoms with E-state index in [1.807, 2.05) is 0 Å². The van der Waals surface area contributed by atoms with Crippen molar-refractivity contribution in [3.63, 3.8) is 0 Å². The zero-order valence-corrected chi connectivity index (χ0v) is 10.9. The highest BCUT2D eigenvalue weighted by Gasteiger charge is 2.28. The summed E-state index contributed by atoms with van der Waals surface area (Å²) in [6.07, 6.45) is 5.75. The number of fused-ring (bicyclic) bond motifs is 2. The predicted octanol–water partition coefficient (Wildman–Crippen LogP) is 2.36. The molecule has 0 saturated carbocycles. The number of hydrogen-bond acceptors (Lipinski definition) is 8. The Bertz CT molecular complexity index is 579. The third-order valence-electron chi connectivity index (χ3n) is 3.93. The highest BCUT2D eigenvalue weighted by molar-refractivity contribution is 5.17. The monoisotopic (exact) mass is 274 g/mol. The average Bonchev–Trinajstić information content (AvgIpc) is 3.13. The number of aromatic nitrogens is 4. The lowest BCUT2D eigenvalue weighted by atomic mass is 9.96. The quantitative estimate of drug-likeness (QED) is 0.779. The van der Waals surface area contributed by atoms with Gasteiger partial charge < -0.3 is 0 Å². The van der Waals surface area contributed by atoms with Crippen LogP contribution < -0.4 is 0 Å². The van der Waals surface area contributed by atoms with Gasteiger partial charge in [0.2, 0.25) is 0 Å². The Hall–Kier alpha value is -2.12. The number of rotatable bonds is 2. The van der Waals surface area contributed by atoms with Crippen molar-refractivity contribution in [1.29, 1.82) is 0 Å². The molecule has 2 atom stereocenters. The highest BCUT2D eigenvalue weighted by atomic mass is 16.6. The fourth-order valence-electron chi connectivity index (χ4n) is 2.86. The van der Waals surface area contributed by atoms with E-state index in [1.165, 1.54) is 0 Å². The lowest BCUT2D eigenvalue weighted by molar-refractivity contribution is 0.298. The van der Waals surface area contributed by atoms with Crippen LogP contribution in [-0.4, -0.2) is 20.6 Å². The zero-order chi connectivity index (χ0) is 13.4. The van der Waals surface area contributed by atoms with E-state index in [-0.39, 0.29) is 12.1 Å². The molecule has 0 fully saturated rings. The molecule has 2 aromatic rings. The Morgan fingerprint density at radius 3 is 1.75 bits per heavy atom.